The molecule has 3 rings (SSSR count). The number of carbonyl (C=O) groups excluding carboxylic acids is 2. The van der Waals surface area contributed by atoms with Crippen molar-refractivity contribution in [3.05, 3.63) is 29.3 Å². The molecule has 20 heavy (non-hydrogen) atoms. The van der Waals surface area contributed by atoms with Crippen LogP contribution in [-0.2, 0) is 22.6 Å². The molecule has 1 aromatic rings. The molecule has 2 aliphatic heterocycles. The van der Waals surface area contributed by atoms with Gasteiger partial charge in [-0.3, -0.25) is 19.8 Å². The van der Waals surface area contributed by atoms with E-state index >= 15 is 0 Å². The van der Waals surface area contributed by atoms with Gasteiger partial charge in [-0.25, -0.2) is 0 Å². The highest BCUT2D eigenvalue weighted by atomic mass is 16.5. The average Bonchev–Trinajstić information content (AvgIpc) is 2.46. The summed E-state index contributed by atoms with van der Waals surface area (Å²) < 4.78 is 5.24. The summed E-state index contributed by atoms with van der Waals surface area (Å²) in [5, 5.41) is 2.43. The van der Waals surface area contributed by atoms with Gasteiger partial charge in [0.05, 0.1) is 13.2 Å². The van der Waals surface area contributed by atoms with Gasteiger partial charge in [-0.05, 0) is 36.1 Å². The Morgan fingerprint density at radius 3 is 2.85 bits per heavy atom. The van der Waals surface area contributed by atoms with Gasteiger partial charge >= 0.3 is 0 Å². The summed E-state index contributed by atoms with van der Waals surface area (Å²) in [5.41, 5.74) is 2.52. The van der Waals surface area contributed by atoms with Crippen LogP contribution in [0, 0.1) is 0 Å². The quantitative estimate of drug-likeness (QED) is 0.813. The smallest absolute Gasteiger partial charge is 0.243 e. The van der Waals surface area contributed by atoms with Crippen molar-refractivity contribution >= 4 is 11.8 Å². The number of piperidine rings is 1. The minimum Gasteiger partial charge on any atom is -0.497 e. The zero-order valence-corrected chi connectivity index (χ0v) is 11.5. The first-order chi connectivity index (χ1) is 9.67. The number of nitrogens with zero attached hydrogens (tertiary/aromatic N) is 1. The molecule has 1 aromatic carbocycles. The minimum atomic E-state index is -0.178. The molecule has 2 heterocycles. The molecule has 106 valence electrons. The van der Waals surface area contributed by atoms with Crippen LogP contribution < -0.4 is 10.1 Å². The van der Waals surface area contributed by atoms with Gasteiger partial charge in [-0.1, -0.05) is 6.07 Å². The van der Waals surface area contributed by atoms with Crippen LogP contribution in [0.2, 0.25) is 0 Å². The molecule has 5 heteroatoms. The number of imide groups is 1. The van der Waals surface area contributed by atoms with Crippen LogP contribution in [-0.4, -0.2) is 36.4 Å². The maximum absolute atomic E-state index is 11.9. The molecule has 0 aliphatic carbocycles. The number of fused-ring (bicyclic) bond motifs is 1. The highest BCUT2D eigenvalue weighted by Crippen LogP contribution is 2.26. The maximum Gasteiger partial charge on any atom is 0.243 e. The lowest BCUT2D eigenvalue weighted by Gasteiger charge is -2.36. The summed E-state index contributed by atoms with van der Waals surface area (Å²) in [6, 6.07) is 5.90. The van der Waals surface area contributed by atoms with Crippen molar-refractivity contribution in [2.24, 2.45) is 0 Å². The third-order valence-electron chi connectivity index (χ3n) is 4.11. The minimum absolute atomic E-state index is 0.154. The van der Waals surface area contributed by atoms with Crippen molar-refractivity contribution in [2.75, 3.05) is 13.7 Å². The molecule has 1 saturated heterocycles. The topological polar surface area (TPSA) is 58.6 Å². The molecule has 0 unspecified atom stereocenters. The van der Waals surface area contributed by atoms with Crippen molar-refractivity contribution in [1.82, 2.24) is 10.2 Å². The molecule has 0 saturated carbocycles. The molecule has 1 N–H and O–H groups in total. The molecule has 2 amide bonds. The molecule has 5 nitrogen and oxygen atoms in total. The summed E-state index contributed by atoms with van der Waals surface area (Å²) in [4.78, 5) is 25.3. The van der Waals surface area contributed by atoms with Crippen molar-refractivity contribution in [3.63, 3.8) is 0 Å². The van der Waals surface area contributed by atoms with Gasteiger partial charge in [0.2, 0.25) is 11.8 Å². The van der Waals surface area contributed by atoms with Gasteiger partial charge in [0.1, 0.15) is 5.75 Å². The Morgan fingerprint density at radius 2 is 2.10 bits per heavy atom. The number of methoxy groups -OCH3 is 1. The molecule has 0 spiro atoms. The van der Waals surface area contributed by atoms with E-state index in [1.54, 1.807) is 7.11 Å². The van der Waals surface area contributed by atoms with Crippen LogP contribution in [0.4, 0.5) is 0 Å². The van der Waals surface area contributed by atoms with Crippen LogP contribution in [0.5, 0.6) is 5.75 Å². The van der Waals surface area contributed by atoms with E-state index in [1.165, 1.54) is 11.1 Å². The van der Waals surface area contributed by atoms with Crippen LogP contribution in [0.15, 0.2) is 18.2 Å². The summed E-state index contributed by atoms with van der Waals surface area (Å²) in [6.45, 7) is 1.60. The lowest BCUT2D eigenvalue weighted by Crippen LogP contribution is -2.53. The molecule has 1 fully saturated rings. The Hall–Kier alpha value is -1.88. The number of hydrogen-bond donors (Lipinski definition) is 1. The average molecular weight is 274 g/mol. The predicted octanol–water partition coefficient (Wildman–Crippen LogP) is 0.858. The van der Waals surface area contributed by atoms with Gasteiger partial charge in [-0.15, -0.1) is 0 Å². The van der Waals surface area contributed by atoms with E-state index < -0.39 is 0 Å². The Balaban J connectivity index is 1.75. The van der Waals surface area contributed by atoms with E-state index in [4.69, 9.17) is 4.74 Å². The first-order valence-corrected chi connectivity index (χ1v) is 6.91. The molecule has 1 atom stereocenters. The monoisotopic (exact) mass is 274 g/mol. The van der Waals surface area contributed by atoms with E-state index in [1.807, 2.05) is 6.07 Å². The zero-order valence-electron chi connectivity index (χ0n) is 11.5. The van der Waals surface area contributed by atoms with Gasteiger partial charge < -0.3 is 4.74 Å². The van der Waals surface area contributed by atoms with Gasteiger partial charge in [0.25, 0.3) is 0 Å². The third-order valence-corrected chi connectivity index (χ3v) is 4.11. The van der Waals surface area contributed by atoms with Crippen molar-refractivity contribution in [2.45, 2.75) is 31.8 Å². The van der Waals surface area contributed by atoms with Gasteiger partial charge in [0, 0.05) is 19.5 Å². The second-order valence-electron chi connectivity index (χ2n) is 5.32. The number of carbonyl (C=O) groups is 2. The summed E-state index contributed by atoms with van der Waals surface area (Å²) in [7, 11) is 1.67. The fraction of sp³-hybridized carbons (Fsp3) is 0.467. The standard InChI is InChI=1S/C15H18N2O3/c1-20-12-3-2-11-9-17(7-6-10(11)8-12)13-4-5-14(18)16-15(13)19/h2-3,8,13H,4-7,9H2,1H3,(H,16,18,19)/t13-/m1/s1. The van der Waals surface area contributed by atoms with E-state index in [9.17, 15) is 9.59 Å². The highest BCUT2D eigenvalue weighted by Gasteiger charge is 2.33. The Bertz CT molecular complexity index is 556. The number of ether oxygens (including phenoxy) is 1. The largest absolute Gasteiger partial charge is 0.497 e. The third kappa shape index (κ3) is 2.41. The first kappa shape index (κ1) is 13.1. The molecular formula is C15H18N2O3. The van der Waals surface area contributed by atoms with Gasteiger partial charge in [-0.2, -0.15) is 0 Å². The Labute approximate surface area is 117 Å². The van der Waals surface area contributed by atoms with E-state index in [2.05, 4.69) is 22.3 Å². The molecular weight excluding hydrogens is 256 g/mol. The Morgan fingerprint density at radius 1 is 1.25 bits per heavy atom. The summed E-state index contributed by atoms with van der Waals surface area (Å²) in [5.74, 6) is 0.560. The number of nitrogens with one attached hydrogen (secondary N) is 1. The molecule has 0 radical (unpaired) electrons. The SMILES string of the molecule is COc1ccc2c(c1)CCN([C@@H]1CCC(=O)NC1=O)C2. The zero-order chi connectivity index (χ0) is 14.1. The number of rotatable bonds is 2. The predicted molar refractivity (Wildman–Crippen MR) is 73.3 cm³/mol. The first-order valence-electron chi connectivity index (χ1n) is 6.91. The molecule has 0 bridgehead atoms. The lowest BCUT2D eigenvalue weighted by molar-refractivity contribution is -0.137. The van der Waals surface area contributed by atoms with Crippen LogP contribution >= 0.6 is 0 Å². The van der Waals surface area contributed by atoms with Gasteiger partial charge in [0.15, 0.2) is 0 Å². The highest BCUT2D eigenvalue weighted by molar-refractivity contribution is 6.00. The fourth-order valence-electron chi connectivity index (χ4n) is 2.97. The van der Waals surface area contributed by atoms with Crippen LogP contribution in [0.3, 0.4) is 0 Å². The molecule has 0 aromatic heterocycles. The Kier molecular flexibility index (Phi) is 3.44. The number of hydrogen-bond acceptors (Lipinski definition) is 4. The second kappa shape index (κ2) is 5.25. The van der Waals surface area contributed by atoms with E-state index in [0.717, 1.165) is 25.3 Å². The molecule has 2 aliphatic rings. The van der Waals surface area contributed by atoms with E-state index in [-0.39, 0.29) is 17.9 Å². The van der Waals surface area contributed by atoms with Crippen molar-refractivity contribution in [1.29, 1.82) is 0 Å². The lowest BCUT2D eigenvalue weighted by atomic mass is 9.95. The maximum atomic E-state index is 11.9. The van der Waals surface area contributed by atoms with Crippen molar-refractivity contribution < 1.29 is 14.3 Å². The normalized spacial score (nSPS) is 23.1. The van der Waals surface area contributed by atoms with Crippen LogP contribution in [0.1, 0.15) is 24.0 Å². The van der Waals surface area contributed by atoms with Crippen molar-refractivity contribution in [3.8, 4) is 5.75 Å². The number of benzene rings is 1. The van der Waals surface area contributed by atoms with E-state index in [0.29, 0.717) is 12.8 Å². The van der Waals surface area contributed by atoms with Crippen LogP contribution in [0.25, 0.3) is 0 Å². The fourth-order valence-corrected chi connectivity index (χ4v) is 2.97. The second-order valence-corrected chi connectivity index (χ2v) is 5.32. The summed E-state index contributed by atoms with van der Waals surface area (Å²) in [6.07, 6.45) is 1.96. The summed E-state index contributed by atoms with van der Waals surface area (Å²) >= 11 is 0. The number of amides is 2.